The third kappa shape index (κ3) is 7.19. The molecular formula is C22H25ClN2O7S. The third-order valence-electron chi connectivity index (χ3n) is 4.37. The number of sulfonamides is 1. The summed E-state index contributed by atoms with van der Waals surface area (Å²) in [4.78, 5) is 35.1. The van der Waals surface area contributed by atoms with Crippen LogP contribution in [-0.2, 0) is 19.6 Å². The SMILES string of the molecule is Cc1cc(S(=O)(=O)Nc2cc(Cl)ccc2C(=O)NCCC(=O)O)ccc1OC(=O)C(C)(C)C. The molecule has 33 heavy (non-hydrogen) atoms. The molecule has 0 aromatic heterocycles. The van der Waals surface area contributed by atoms with Crippen LogP contribution in [0.25, 0.3) is 0 Å². The summed E-state index contributed by atoms with van der Waals surface area (Å²) < 4.78 is 33.6. The van der Waals surface area contributed by atoms with Crippen LogP contribution in [-0.4, -0.2) is 37.9 Å². The van der Waals surface area contributed by atoms with Crippen molar-refractivity contribution < 1.29 is 32.6 Å². The Morgan fingerprint density at radius 1 is 1.09 bits per heavy atom. The summed E-state index contributed by atoms with van der Waals surface area (Å²) in [6.45, 7) is 6.58. The molecule has 11 heteroatoms. The van der Waals surface area contributed by atoms with Crippen molar-refractivity contribution in [1.29, 1.82) is 0 Å². The number of nitrogens with one attached hydrogen (secondary N) is 2. The lowest BCUT2D eigenvalue weighted by atomic mass is 9.97. The highest BCUT2D eigenvalue weighted by molar-refractivity contribution is 7.92. The summed E-state index contributed by atoms with van der Waals surface area (Å²) in [7, 11) is -4.14. The van der Waals surface area contributed by atoms with Crippen LogP contribution in [0, 0.1) is 12.3 Å². The van der Waals surface area contributed by atoms with Crippen molar-refractivity contribution in [3.63, 3.8) is 0 Å². The fourth-order valence-electron chi connectivity index (χ4n) is 2.54. The number of carboxylic acids is 1. The largest absolute Gasteiger partial charge is 0.481 e. The van der Waals surface area contributed by atoms with Gasteiger partial charge >= 0.3 is 11.9 Å². The van der Waals surface area contributed by atoms with Gasteiger partial charge in [-0.05, 0) is 69.7 Å². The Morgan fingerprint density at radius 2 is 1.76 bits per heavy atom. The first-order valence-electron chi connectivity index (χ1n) is 9.86. The Labute approximate surface area is 197 Å². The highest BCUT2D eigenvalue weighted by Crippen LogP contribution is 2.28. The van der Waals surface area contributed by atoms with Crippen molar-refractivity contribution in [2.24, 2.45) is 5.41 Å². The molecule has 0 saturated heterocycles. The number of anilines is 1. The van der Waals surface area contributed by atoms with E-state index < -0.39 is 33.3 Å². The predicted octanol–water partition coefficient (Wildman–Crippen LogP) is 3.61. The lowest BCUT2D eigenvalue weighted by Crippen LogP contribution is -2.27. The van der Waals surface area contributed by atoms with E-state index >= 15 is 0 Å². The van der Waals surface area contributed by atoms with Crippen LogP contribution in [0.1, 0.15) is 43.1 Å². The number of aryl methyl sites for hydroxylation is 1. The highest BCUT2D eigenvalue weighted by Gasteiger charge is 2.25. The molecule has 2 rings (SSSR count). The number of rotatable bonds is 8. The second-order valence-corrected chi connectivity index (χ2v) is 10.4. The molecule has 178 valence electrons. The van der Waals surface area contributed by atoms with Gasteiger partial charge in [0, 0.05) is 11.6 Å². The van der Waals surface area contributed by atoms with Gasteiger partial charge in [-0.3, -0.25) is 19.1 Å². The Hall–Kier alpha value is -3.11. The molecule has 9 nitrogen and oxygen atoms in total. The van der Waals surface area contributed by atoms with Crippen LogP contribution in [0.2, 0.25) is 5.02 Å². The Kier molecular flexibility index (Phi) is 8.10. The molecule has 0 heterocycles. The standard InChI is InChI=1S/C22H25ClN2O7S/c1-13-11-15(6-8-18(13)32-21(29)22(2,3)4)33(30,31)25-17-12-14(23)5-7-16(17)20(28)24-10-9-19(26)27/h5-8,11-12,25H,9-10H2,1-4H3,(H,24,28)(H,26,27). The average Bonchev–Trinajstić information content (AvgIpc) is 2.68. The second kappa shape index (κ2) is 10.2. The fourth-order valence-corrected chi connectivity index (χ4v) is 3.86. The molecule has 0 unspecified atom stereocenters. The maximum Gasteiger partial charge on any atom is 0.316 e. The van der Waals surface area contributed by atoms with Gasteiger partial charge in [0.05, 0.1) is 28.0 Å². The number of hydrogen-bond donors (Lipinski definition) is 3. The number of ether oxygens (including phenoxy) is 1. The summed E-state index contributed by atoms with van der Waals surface area (Å²) in [5.74, 6) is -1.97. The Bertz CT molecular complexity index is 1190. The lowest BCUT2D eigenvalue weighted by molar-refractivity contribution is -0.143. The van der Waals surface area contributed by atoms with Crippen LogP contribution < -0.4 is 14.8 Å². The highest BCUT2D eigenvalue weighted by atomic mass is 35.5. The van der Waals surface area contributed by atoms with Crippen molar-refractivity contribution in [2.75, 3.05) is 11.3 Å². The van der Waals surface area contributed by atoms with Gasteiger partial charge in [-0.25, -0.2) is 8.42 Å². The van der Waals surface area contributed by atoms with Crippen LogP contribution in [0.15, 0.2) is 41.3 Å². The van der Waals surface area contributed by atoms with Crippen molar-refractivity contribution in [1.82, 2.24) is 5.32 Å². The molecule has 0 radical (unpaired) electrons. The van der Waals surface area contributed by atoms with E-state index in [0.29, 0.717) is 5.56 Å². The zero-order valence-corrected chi connectivity index (χ0v) is 20.1. The minimum absolute atomic E-state index is 0.0270. The molecule has 0 aliphatic carbocycles. The topological polar surface area (TPSA) is 139 Å². The number of aliphatic carboxylic acids is 1. The van der Waals surface area contributed by atoms with E-state index in [1.165, 1.54) is 36.4 Å². The summed E-state index contributed by atoms with van der Waals surface area (Å²) in [5.41, 5.74) is -0.405. The van der Waals surface area contributed by atoms with Gasteiger partial charge < -0.3 is 15.2 Å². The van der Waals surface area contributed by atoms with Crippen molar-refractivity contribution in [3.8, 4) is 5.75 Å². The Morgan fingerprint density at radius 3 is 2.33 bits per heavy atom. The van der Waals surface area contributed by atoms with Gasteiger partial charge in [0.15, 0.2) is 0 Å². The second-order valence-electron chi connectivity index (χ2n) is 8.26. The monoisotopic (exact) mass is 496 g/mol. The molecule has 0 aliphatic heterocycles. The number of amides is 1. The summed E-state index contributed by atoms with van der Waals surface area (Å²) >= 11 is 5.98. The average molecular weight is 497 g/mol. The maximum atomic E-state index is 13.0. The quantitative estimate of drug-likeness (QED) is 0.374. The smallest absolute Gasteiger partial charge is 0.316 e. The van der Waals surface area contributed by atoms with E-state index in [9.17, 15) is 22.8 Å². The first-order valence-corrected chi connectivity index (χ1v) is 11.7. The van der Waals surface area contributed by atoms with Gasteiger partial charge in [-0.2, -0.15) is 0 Å². The number of hydrogen-bond acceptors (Lipinski definition) is 6. The molecule has 1 amide bonds. The minimum atomic E-state index is -4.14. The molecule has 0 atom stereocenters. The van der Waals surface area contributed by atoms with Crippen molar-refractivity contribution in [2.45, 2.75) is 39.0 Å². The third-order valence-corrected chi connectivity index (χ3v) is 5.96. The molecule has 3 N–H and O–H groups in total. The molecular weight excluding hydrogens is 472 g/mol. The molecule has 2 aromatic rings. The molecule has 0 aliphatic rings. The fraction of sp³-hybridized carbons (Fsp3) is 0.318. The van der Waals surface area contributed by atoms with Crippen LogP contribution >= 0.6 is 11.6 Å². The lowest BCUT2D eigenvalue weighted by Gasteiger charge is -2.18. The minimum Gasteiger partial charge on any atom is -0.481 e. The summed E-state index contributed by atoms with van der Waals surface area (Å²) in [5, 5.41) is 11.3. The van der Waals surface area contributed by atoms with Crippen molar-refractivity contribution >= 4 is 45.2 Å². The van der Waals surface area contributed by atoms with E-state index in [-0.39, 0.29) is 39.9 Å². The predicted molar refractivity (Wildman–Crippen MR) is 123 cm³/mol. The number of halogens is 1. The van der Waals surface area contributed by atoms with Gasteiger partial charge in [-0.15, -0.1) is 0 Å². The molecule has 0 bridgehead atoms. The van der Waals surface area contributed by atoms with E-state index in [1.54, 1.807) is 27.7 Å². The number of carbonyl (C=O) groups is 3. The zero-order chi connectivity index (χ0) is 25.0. The molecule has 0 fully saturated rings. The van der Waals surface area contributed by atoms with E-state index in [1.807, 2.05) is 0 Å². The summed E-state index contributed by atoms with van der Waals surface area (Å²) in [6.07, 6.45) is -0.286. The number of carbonyl (C=O) groups excluding carboxylic acids is 2. The van der Waals surface area contributed by atoms with Gasteiger partial charge in [-0.1, -0.05) is 11.6 Å². The van der Waals surface area contributed by atoms with E-state index in [0.717, 1.165) is 0 Å². The van der Waals surface area contributed by atoms with Crippen LogP contribution in [0.5, 0.6) is 5.75 Å². The number of benzene rings is 2. The zero-order valence-electron chi connectivity index (χ0n) is 18.6. The van der Waals surface area contributed by atoms with E-state index in [4.69, 9.17) is 21.4 Å². The van der Waals surface area contributed by atoms with Crippen molar-refractivity contribution in [3.05, 3.63) is 52.5 Å². The van der Waals surface area contributed by atoms with Crippen LogP contribution in [0.3, 0.4) is 0 Å². The molecule has 0 saturated carbocycles. The number of carboxylic acid groups (broad SMARTS) is 1. The molecule has 2 aromatic carbocycles. The normalized spacial score (nSPS) is 11.5. The maximum absolute atomic E-state index is 13.0. The summed E-state index contributed by atoms with van der Waals surface area (Å²) in [6, 6.07) is 8.01. The number of esters is 1. The first kappa shape index (κ1) is 26.1. The van der Waals surface area contributed by atoms with E-state index in [2.05, 4.69) is 10.0 Å². The van der Waals surface area contributed by atoms with Gasteiger partial charge in [0.2, 0.25) is 0 Å². The van der Waals surface area contributed by atoms with Gasteiger partial charge in [0.25, 0.3) is 15.9 Å². The molecule has 0 spiro atoms. The first-order chi connectivity index (χ1) is 15.2. The van der Waals surface area contributed by atoms with Gasteiger partial charge in [0.1, 0.15) is 5.75 Å². The Balaban J connectivity index is 2.29. The van der Waals surface area contributed by atoms with Crippen LogP contribution in [0.4, 0.5) is 5.69 Å².